The van der Waals surface area contributed by atoms with E-state index in [2.05, 4.69) is 15.5 Å². The predicted octanol–water partition coefficient (Wildman–Crippen LogP) is 4.68. The van der Waals surface area contributed by atoms with Crippen molar-refractivity contribution in [3.05, 3.63) is 41.0 Å². The fourth-order valence-electron chi connectivity index (χ4n) is 6.08. The number of aromatic amines is 1. The minimum Gasteiger partial charge on any atom is -0.350 e. The van der Waals surface area contributed by atoms with Gasteiger partial charge in [0, 0.05) is 17.1 Å². The van der Waals surface area contributed by atoms with Crippen molar-refractivity contribution < 1.29 is 4.79 Å². The highest BCUT2D eigenvalue weighted by molar-refractivity contribution is 6.30. The molecule has 2 aromatic rings. The van der Waals surface area contributed by atoms with Crippen molar-refractivity contribution in [1.82, 2.24) is 15.5 Å². The highest BCUT2D eigenvalue weighted by atomic mass is 35.5. The van der Waals surface area contributed by atoms with Crippen LogP contribution in [0.3, 0.4) is 0 Å². The second kappa shape index (κ2) is 6.12. The van der Waals surface area contributed by atoms with E-state index >= 15 is 0 Å². The van der Waals surface area contributed by atoms with Gasteiger partial charge in [-0.3, -0.25) is 9.89 Å². The molecule has 2 N–H and O–H groups in total. The molecule has 6 rings (SSSR count). The monoisotopic (exact) mass is 369 g/mol. The average Bonchev–Trinajstić information content (AvgIpc) is 3.09. The van der Waals surface area contributed by atoms with E-state index in [1.54, 1.807) is 0 Å². The van der Waals surface area contributed by atoms with Crippen LogP contribution < -0.4 is 5.32 Å². The molecule has 4 bridgehead atoms. The Morgan fingerprint density at radius 1 is 1.12 bits per heavy atom. The summed E-state index contributed by atoms with van der Waals surface area (Å²) in [7, 11) is 0. The van der Waals surface area contributed by atoms with Gasteiger partial charge in [0.05, 0.1) is 5.69 Å². The molecule has 5 heteroatoms. The number of benzene rings is 1. The number of halogens is 1. The third-order valence-corrected chi connectivity index (χ3v) is 7.00. The molecule has 4 aliphatic carbocycles. The van der Waals surface area contributed by atoms with Crippen LogP contribution in [-0.2, 0) is 0 Å². The van der Waals surface area contributed by atoms with E-state index in [9.17, 15) is 4.79 Å². The average molecular weight is 370 g/mol. The maximum Gasteiger partial charge on any atom is 0.269 e. The van der Waals surface area contributed by atoms with E-state index < -0.39 is 0 Å². The van der Waals surface area contributed by atoms with Gasteiger partial charge in [-0.05, 0) is 79.9 Å². The van der Waals surface area contributed by atoms with Crippen LogP contribution >= 0.6 is 11.6 Å². The van der Waals surface area contributed by atoms with Gasteiger partial charge in [-0.25, -0.2) is 0 Å². The summed E-state index contributed by atoms with van der Waals surface area (Å²) in [6.45, 7) is 0.810. The zero-order chi connectivity index (χ0) is 17.7. The van der Waals surface area contributed by atoms with Crippen molar-refractivity contribution in [2.75, 3.05) is 6.54 Å². The Kier molecular flexibility index (Phi) is 3.85. The largest absolute Gasteiger partial charge is 0.350 e. The molecule has 4 aliphatic rings. The van der Waals surface area contributed by atoms with E-state index in [0.29, 0.717) is 16.1 Å². The van der Waals surface area contributed by atoms with Crippen molar-refractivity contribution in [3.63, 3.8) is 0 Å². The van der Waals surface area contributed by atoms with Crippen molar-refractivity contribution in [1.29, 1.82) is 0 Å². The normalized spacial score (nSPS) is 32.0. The number of rotatable bonds is 4. The Labute approximate surface area is 158 Å². The van der Waals surface area contributed by atoms with Gasteiger partial charge < -0.3 is 5.32 Å². The molecule has 1 amide bonds. The number of nitrogens with one attached hydrogen (secondary N) is 2. The first-order valence-corrected chi connectivity index (χ1v) is 10.1. The van der Waals surface area contributed by atoms with Crippen LogP contribution in [0.5, 0.6) is 0 Å². The molecule has 4 saturated carbocycles. The summed E-state index contributed by atoms with van der Waals surface area (Å²) in [5.41, 5.74) is 2.59. The number of amides is 1. The minimum atomic E-state index is -0.0477. The van der Waals surface area contributed by atoms with Crippen LogP contribution in [0.2, 0.25) is 5.02 Å². The summed E-state index contributed by atoms with van der Waals surface area (Å²) >= 11 is 5.93. The van der Waals surface area contributed by atoms with E-state index in [0.717, 1.165) is 35.6 Å². The van der Waals surface area contributed by atoms with Gasteiger partial charge in [-0.15, -0.1) is 0 Å². The number of hydrogen-bond donors (Lipinski definition) is 2. The molecule has 0 atom stereocenters. The second-order valence-electron chi connectivity index (χ2n) is 8.77. The van der Waals surface area contributed by atoms with Gasteiger partial charge in [0.1, 0.15) is 5.69 Å². The molecule has 1 aromatic heterocycles. The Morgan fingerprint density at radius 3 is 2.35 bits per heavy atom. The summed E-state index contributed by atoms with van der Waals surface area (Å²) in [5, 5.41) is 11.1. The maximum absolute atomic E-state index is 12.6. The first kappa shape index (κ1) is 16.4. The van der Waals surface area contributed by atoms with Gasteiger partial charge in [-0.1, -0.05) is 23.7 Å². The molecule has 4 nitrogen and oxygen atoms in total. The molecular formula is C21H24ClN3O. The van der Waals surface area contributed by atoms with Crippen LogP contribution in [0.1, 0.15) is 49.0 Å². The number of H-pyrrole nitrogens is 1. The summed E-state index contributed by atoms with van der Waals surface area (Å²) in [6.07, 6.45) is 8.20. The first-order valence-electron chi connectivity index (χ1n) is 9.68. The lowest BCUT2D eigenvalue weighted by atomic mass is 9.49. The first-order chi connectivity index (χ1) is 12.6. The summed E-state index contributed by atoms with van der Waals surface area (Å²) < 4.78 is 0. The van der Waals surface area contributed by atoms with Crippen molar-refractivity contribution in [3.8, 4) is 11.3 Å². The Morgan fingerprint density at radius 2 is 1.73 bits per heavy atom. The van der Waals surface area contributed by atoms with E-state index in [1.807, 2.05) is 30.3 Å². The van der Waals surface area contributed by atoms with E-state index in [1.165, 1.54) is 38.5 Å². The lowest BCUT2D eigenvalue weighted by molar-refractivity contribution is -0.0503. The smallest absolute Gasteiger partial charge is 0.269 e. The lowest BCUT2D eigenvalue weighted by Gasteiger charge is -2.56. The molecule has 1 aromatic carbocycles. The van der Waals surface area contributed by atoms with Crippen molar-refractivity contribution in [2.45, 2.75) is 38.5 Å². The molecule has 0 radical (unpaired) electrons. The van der Waals surface area contributed by atoms with E-state index in [-0.39, 0.29) is 5.91 Å². The van der Waals surface area contributed by atoms with Crippen LogP contribution in [0.25, 0.3) is 11.3 Å². The van der Waals surface area contributed by atoms with Gasteiger partial charge in [-0.2, -0.15) is 5.10 Å². The summed E-state index contributed by atoms with van der Waals surface area (Å²) in [5.74, 6) is 2.67. The van der Waals surface area contributed by atoms with Crippen LogP contribution in [-0.4, -0.2) is 22.6 Å². The Hall–Kier alpha value is -1.81. The number of carbonyl (C=O) groups is 1. The molecule has 4 fully saturated rings. The molecule has 0 spiro atoms. The third-order valence-electron chi connectivity index (χ3n) is 6.75. The maximum atomic E-state index is 12.6. The van der Waals surface area contributed by atoms with E-state index in [4.69, 9.17) is 11.6 Å². The molecule has 136 valence electrons. The van der Waals surface area contributed by atoms with Gasteiger partial charge in [0.2, 0.25) is 0 Å². The number of aromatic nitrogens is 2. The van der Waals surface area contributed by atoms with Crippen LogP contribution in [0.15, 0.2) is 30.3 Å². The number of carbonyl (C=O) groups excluding carboxylic acids is 1. The zero-order valence-electron chi connectivity index (χ0n) is 14.8. The second-order valence-corrected chi connectivity index (χ2v) is 9.21. The standard InChI is InChI=1S/C21H24ClN3O/c22-17-3-1-16(2-4-17)18-8-19(25-24-18)20(26)23-12-21-9-13-5-14(10-21)7-15(6-13)11-21/h1-4,8,13-15H,5-7,9-12H2,(H,23,26)(H,24,25). The fraction of sp³-hybridized carbons (Fsp3) is 0.524. The Balaban J connectivity index is 1.26. The fourth-order valence-corrected chi connectivity index (χ4v) is 6.20. The molecular weight excluding hydrogens is 346 g/mol. The molecule has 0 saturated heterocycles. The lowest BCUT2D eigenvalue weighted by Crippen LogP contribution is -2.51. The SMILES string of the molecule is O=C(NCC12CC3CC(CC(C3)C1)C2)c1cc(-c2ccc(Cl)cc2)n[nH]1. The Bertz CT molecular complexity index is 791. The highest BCUT2D eigenvalue weighted by Crippen LogP contribution is 2.59. The molecule has 26 heavy (non-hydrogen) atoms. The third kappa shape index (κ3) is 2.94. The highest BCUT2D eigenvalue weighted by Gasteiger charge is 2.50. The van der Waals surface area contributed by atoms with Crippen LogP contribution in [0, 0.1) is 23.2 Å². The van der Waals surface area contributed by atoms with Crippen molar-refractivity contribution in [2.24, 2.45) is 23.2 Å². The molecule has 0 aliphatic heterocycles. The zero-order valence-corrected chi connectivity index (χ0v) is 15.6. The predicted molar refractivity (Wildman–Crippen MR) is 102 cm³/mol. The quantitative estimate of drug-likeness (QED) is 0.822. The number of hydrogen-bond acceptors (Lipinski definition) is 2. The van der Waals surface area contributed by atoms with Gasteiger partial charge >= 0.3 is 0 Å². The molecule has 1 heterocycles. The topological polar surface area (TPSA) is 57.8 Å². The van der Waals surface area contributed by atoms with Gasteiger partial charge in [0.25, 0.3) is 5.91 Å². The van der Waals surface area contributed by atoms with Gasteiger partial charge in [0.15, 0.2) is 0 Å². The number of nitrogens with zero attached hydrogens (tertiary/aromatic N) is 1. The summed E-state index contributed by atoms with van der Waals surface area (Å²) in [4.78, 5) is 12.6. The molecule has 0 unspecified atom stereocenters. The minimum absolute atomic E-state index is 0.0477. The van der Waals surface area contributed by atoms with Crippen molar-refractivity contribution >= 4 is 17.5 Å². The summed E-state index contributed by atoms with van der Waals surface area (Å²) in [6, 6.07) is 9.31. The van der Waals surface area contributed by atoms with Crippen LogP contribution in [0.4, 0.5) is 0 Å².